The van der Waals surface area contributed by atoms with E-state index in [0.717, 1.165) is 15.9 Å². The summed E-state index contributed by atoms with van der Waals surface area (Å²) < 4.78 is 41.1. The highest BCUT2D eigenvalue weighted by Gasteiger charge is 2.22. The summed E-state index contributed by atoms with van der Waals surface area (Å²) in [5.74, 6) is -1.69. The van der Waals surface area contributed by atoms with Crippen molar-refractivity contribution in [3.05, 3.63) is 83.7 Å². The van der Waals surface area contributed by atoms with Crippen molar-refractivity contribution in [2.24, 2.45) is 0 Å². The van der Waals surface area contributed by atoms with Gasteiger partial charge in [0.05, 0.1) is 16.3 Å². The molecule has 0 aromatic heterocycles. The second-order valence-electron chi connectivity index (χ2n) is 7.17. The van der Waals surface area contributed by atoms with Gasteiger partial charge in [0.2, 0.25) is 5.91 Å². The molecule has 0 unspecified atom stereocenters. The van der Waals surface area contributed by atoms with Crippen LogP contribution in [0.2, 0.25) is 0 Å². The molecule has 0 saturated heterocycles. The number of carbonyl (C=O) groups excluding carboxylic acids is 2. The average molecular weight is 456 g/mol. The van der Waals surface area contributed by atoms with Crippen LogP contribution in [0.25, 0.3) is 0 Å². The number of benzene rings is 3. The molecule has 166 valence electrons. The predicted molar refractivity (Wildman–Crippen MR) is 122 cm³/mol. The third-order valence-electron chi connectivity index (χ3n) is 4.69. The zero-order chi connectivity index (χ0) is 23.5. The standard InChI is InChI=1S/C23H22FN3O4S/c1-15-7-10-19(11-8-15)27(3)32(30,31)20-6-4-5-17(13-20)23(29)26-18-9-12-21(24)22(14-18)25-16(2)28/h4-14H,1-3H3,(H,25,28)(H,26,29). The van der Waals surface area contributed by atoms with Crippen LogP contribution in [0.3, 0.4) is 0 Å². The first-order valence-corrected chi connectivity index (χ1v) is 11.1. The van der Waals surface area contributed by atoms with Gasteiger partial charge >= 0.3 is 0 Å². The molecule has 0 atom stereocenters. The highest BCUT2D eigenvalue weighted by Crippen LogP contribution is 2.24. The highest BCUT2D eigenvalue weighted by atomic mass is 32.2. The Hall–Kier alpha value is -3.72. The van der Waals surface area contributed by atoms with Crippen molar-refractivity contribution in [1.82, 2.24) is 0 Å². The second kappa shape index (κ2) is 9.19. The van der Waals surface area contributed by atoms with E-state index in [0.29, 0.717) is 5.69 Å². The van der Waals surface area contributed by atoms with Gasteiger partial charge in [-0.25, -0.2) is 12.8 Å². The zero-order valence-corrected chi connectivity index (χ0v) is 18.5. The molecule has 3 aromatic carbocycles. The lowest BCUT2D eigenvalue weighted by Crippen LogP contribution is -2.26. The normalized spacial score (nSPS) is 11.0. The third kappa shape index (κ3) is 5.12. The average Bonchev–Trinajstić information content (AvgIpc) is 2.76. The number of rotatable bonds is 6. The predicted octanol–water partition coefficient (Wildman–Crippen LogP) is 4.17. The number of halogens is 1. The Balaban J connectivity index is 1.84. The van der Waals surface area contributed by atoms with Crippen molar-refractivity contribution in [3.8, 4) is 0 Å². The molecule has 0 aliphatic rings. The van der Waals surface area contributed by atoms with E-state index in [1.54, 1.807) is 12.1 Å². The molecule has 0 heterocycles. The number of carbonyl (C=O) groups is 2. The van der Waals surface area contributed by atoms with Gasteiger partial charge in [-0.15, -0.1) is 0 Å². The smallest absolute Gasteiger partial charge is 0.264 e. The molecule has 2 N–H and O–H groups in total. The Morgan fingerprint density at radius 2 is 1.62 bits per heavy atom. The van der Waals surface area contributed by atoms with Crippen molar-refractivity contribution < 1.29 is 22.4 Å². The number of hydrogen-bond donors (Lipinski definition) is 2. The summed E-state index contributed by atoms with van der Waals surface area (Å²) in [4.78, 5) is 23.8. The molecule has 0 bridgehead atoms. The van der Waals surface area contributed by atoms with E-state index in [1.165, 1.54) is 50.4 Å². The zero-order valence-electron chi connectivity index (χ0n) is 17.7. The van der Waals surface area contributed by atoms with Gasteiger partial charge in [0.15, 0.2) is 0 Å². The van der Waals surface area contributed by atoms with Crippen LogP contribution in [0.4, 0.5) is 21.5 Å². The summed E-state index contributed by atoms with van der Waals surface area (Å²) in [6.45, 7) is 3.14. The summed E-state index contributed by atoms with van der Waals surface area (Å²) in [5, 5.41) is 4.92. The molecule has 0 saturated carbocycles. The largest absolute Gasteiger partial charge is 0.324 e. The maximum atomic E-state index is 13.8. The maximum Gasteiger partial charge on any atom is 0.264 e. The van der Waals surface area contributed by atoms with E-state index in [-0.39, 0.29) is 21.8 Å². The van der Waals surface area contributed by atoms with Crippen LogP contribution in [-0.2, 0) is 14.8 Å². The number of aryl methyl sites for hydroxylation is 1. The second-order valence-corrected chi connectivity index (χ2v) is 9.14. The molecule has 3 aromatic rings. The fraction of sp³-hybridized carbons (Fsp3) is 0.130. The summed E-state index contributed by atoms with van der Waals surface area (Å²) in [7, 11) is -2.46. The van der Waals surface area contributed by atoms with Gasteiger partial charge < -0.3 is 10.6 Å². The Kier molecular flexibility index (Phi) is 6.59. The number of anilines is 3. The molecular formula is C23H22FN3O4S. The van der Waals surface area contributed by atoms with Crippen molar-refractivity contribution in [2.45, 2.75) is 18.7 Å². The molecule has 0 aliphatic heterocycles. The molecule has 9 heteroatoms. The number of hydrogen-bond acceptors (Lipinski definition) is 4. The summed E-state index contributed by atoms with van der Waals surface area (Å²) in [5.41, 5.74) is 1.76. The first-order valence-electron chi connectivity index (χ1n) is 9.62. The maximum absolute atomic E-state index is 13.8. The van der Waals surface area contributed by atoms with Gasteiger partial charge in [-0.05, 0) is 55.5 Å². The van der Waals surface area contributed by atoms with Crippen LogP contribution in [0.1, 0.15) is 22.8 Å². The molecule has 0 fully saturated rings. The van der Waals surface area contributed by atoms with E-state index in [2.05, 4.69) is 10.6 Å². The minimum absolute atomic E-state index is 0.0498. The topological polar surface area (TPSA) is 95.6 Å². The van der Waals surface area contributed by atoms with E-state index in [9.17, 15) is 22.4 Å². The number of amides is 2. The summed E-state index contributed by atoms with van der Waals surface area (Å²) in [6.07, 6.45) is 0. The van der Waals surface area contributed by atoms with Crippen LogP contribution < -0.4 is 14.9 Å². The molecule has 0 spiro atoms. The quantitative estimate of drug-likeness (QED) is 0.583. The Labute approximate surface area is 185 Å². The SMILES string of the molecule is CC(=O)Nc1cc(NC(=O)c2cccc(S(=O)(=O)N(C)c3ccc(C)cc3)c2)ccc1F. The van der Waals surface area contributed by atoms with Gasteiger partial charge in [-0.3, -0.25) is 13.9 Å². The van der Waals surface area contributed by atoms with Crippen molar-refractivity contribution in [2.75, 3.05) is 22.0 Å². The molecule has 2 amide bonds. The minimum Gasteiger partial charge on any atom is -0.324 e. The van der Waals surface area contributed by atoms with Crippen LogP contribution >= 0.6 is 0 Å². The molecule has 0 radical (unpaired) electrons. The van der Waals surface area contributed by atoms with E-state index >= 15 is 0 Å². The van der Waals surface area contributed by atoms with E-state index in [1.807, 2.05) is 19.1 Å². The monoisotopic (exact) mass is 455 g/mol. The number of sulfonamides is 1. The molecular weight excluding hydrogens is 433 g/mol. The first-order chi connectivity index (χ1) is 15.1. The molecule has 0 aliphatic carbocycles. The Morgan fingerprint density at radius 3 is 2.28 bits per heavy atom. The lowest BCUT2D eigenvalue weighted by Gasteiger charge is -2.20. The van der Waals surface area contributed by atoms with Crippen molar-refractivity contribution in [3.63, 3.8) is 0 Å². The summed E-state index contributed by atoms with van der Waals surface area (Å²) in [6, 6.07) is 16.4. The minimum atomic E-state index is -3.90. The van der Waals surface area contributed by atoms with E-state index < -0.39 is 27.7 Å². The van der Waals surface area contributed by atoms with E-state index in [4.69, 9.17) is 0 Å². The number of nitrogens with zero attached hydrogens (tertiary/aromatic N) is 1. The Morgan fingerprint density at radius 1 is 0.938 bits per heavy atom. The van der Waals surface area contributed by atoms with Crippen LogP contribution in [0.5, 0.6) is 0 Å². The molecule has 32 heavy (non-hydrogen) atoms. The fourth-order valence-corrected chi connectivity index (χ4v) is 4.18. The van der Waals surface area contributed by atoms with Gasteiger partial charge in [0.1, 0.15) is 5.82 Å². The summed E-state index contributed by atoms with van der Waals surface area (Å²) >= 11 is 0. The lowest BCUT2D eigenvalue weighted by molar-refractivity contribution is -0.114. The van der Waals surface area contributed by atoms with Crippen LogP contribution in [0, 0.1) is 12.7 Å². The van der Waals surface area contributed by atoms with Crippen molar-refractivity contribution >= 4 is 38.9 Å². The van der Waals surface area contributed by atoms with Gasteiger partial charge in [0.25, 0.3) is 15.9 Å². The molecule has 7 nitrogen and oxygen atoms in total. The van der Waals surface area contributed by atoms with Gasteiger partial charge in [0, 0.05) is 25.2 Å². The molecule has 3 rings (SSSR count). The van der Waals surface area contributed by atoms with Crippen LogP contribution in [-0.4, -0.2) is 27.3 Å². The third-order valence-corrected chi connectivity index (χ3v) is 6.47. The fourth-order valence-electron chi connectivity index (χ4n) is 2.94. The first kappa shape index (κ1) is 23.0. The van der Waals surface area contributed by atoms with Crippen molar-refractivity contribution in [1.29, 1.82) is 0 Å². The van der Waals surface area contributed by atoms with Gasteiger partial charge in [-0.1, -0.05) is 23.8 Å². The highest BCUT2D eigenvalue weighted by molar-refractivity contribution is 7.92. The van der Waals surface area contributed by atoms with Gasteiger partial charge in [-0.2, -0.15) is 0 Å². The van der Waals surface area contributed by atoms with Crippen LogP contribution in [0.15, 0.2) is 71.6 Å². The Bertz CT molecular complexity index is 1270. The number of nitrogens with one attached hydrogen (secondary N) is 2. The lowest BCUT2D eigenvalue weighted by atomic mass is 10.2.